The maximum atomic E-state index is 13.8. The summed E-state index contributed by atoms with van der Waals surface area (Å²) in [7, 11) is 2.93. The number of rotatable bonds is 4. The van der Waals surface area contributed by atoms with Crippen LogP contribution in [0.25, 0.3) is 21.8 Å². The minimum Gasteiger partial charge on any atom is -0.465 e. The second-order valence-electron chi connectivity index (χ2n) is 12.1. The summed E-state index contributed by atoms with van der Waals surface area (Å²) in [6, 6.07) is 4.62. The van der Waals surface area contributed by atoms with Gasteiger partial charge in [0.15, 0.2) is 0 Å². The molecule has 4 rings (SSSR count). The number of alkyl carbamates (subject to hydrolysis) is 1. The Morgan fingerprint density at radius 3 is 2.33 bits per heavy atom. The topological polar surface area (TPSA) is 132 Å². The molecule has 0 bridgehead atoms. The van der Waals surface area contributed by atoms with Crippen LogP contribution in [-0.2, 0) is 21.3 Å². The Labute approximate surface area is 232 Å². The molecule has 1 aliphatic heterocycles. The number of hydrogen-bond acceptors (Lipinski definition) is 8. The predicted molar refractivity (Wildman–Crippen MR) is 152 cm³/mol. The van der Waals surface area contributed by atoms with Crippen LogP contribution in [0.5, 0.6) is 0 Å². The third kappa shape index (κ3) is 5.93. The number of methoxy groups -OCH3 is 1. The molecule has 11 nitrogen and oxygen atoms in total. The number of H-pyrrole nitrogens is 1. The van der Waals surface area contributed by atoms with Gasteiger partial charge in [-0.1, -0.05) is 0 Å². The fraction of sp³-hybridized carbons (Fsp3) is 0.517. The number of carbonyl (C=O) groups is 3. The highest BCUT2D eigenvalue weighted by atomic mass is 16.6. The molecule has 3 heterocycles. The van der Waals surface area contributed by atoms with Crippen molar-refractivity contribution in [1.29, 1.82) is 0 Å². The quantitative estimate of drug-likeness (QED) is 0.361. The Morgan fingerprint density at radius 2 is 1.70 bits per heavy atom. The first-order valence-electron chi connectivity index (χ1n) is 13.3. The van der Waals surface area contributed by atoms with E-state index in [-0.39, 0.29) is 28.2 Å². The molecule has 1 amide bonds. The van der Waals surface area contributed by atoms with Crippen molar-refractivity contribution in [3.8, 4) is 0 Å². The molecule has 1 aliphatic rings. The zero-order valence-corrected chi connectivity index (χ0v) is 24.4. The second-order valence-corrected chi connectivity index (χ2v) is 12.1. The van der Waals surface area contributed by atoms with Crippen LogP contribution in [0.15, 0.2) is 23.0 Å². The number of benzene rings is 1. The minimum absolute atomic E-state index is 0.201. The number of aryl methyl sites for hydroxylation is 1. The standard InChI is InChI=1S/C29H38N4O7/c1-28(2,3)39-26(36)21-20-18-14-16(25(35)38-8)11-12-19(18)32(7)24(34)22(20)31-23(21)33-13-9-10-17(15-33)30-27(37)40-29(4,5)6/h11-12,14,17,31H,9-10,13,15H2,1-8H3,(H,30,37)/t17-/m1/s1. The van der Waals surface area contributed by atoms with Crippen LogP contribution in [0, 0.1) is 0 Å². The molecule has 0 unspecified atom stereocenters. The number of nitrogens with zero attached hydrogens (tertiary/aromatic N) is 2. The first-order chi connectivity index (χ1) is 18.6. The fourth-order valence-electron chi connectivity index (χ4n) is 5.00. The molecular formula is C29H38N4O7. The molecule has 0 spiro atoms. The van der Waals surface area contributed by atoms with Crippen LogP contribution < -0.4 is 15.8 Å². The van der Waals surface area contributed by atoms with Gasteiger partial charge in [-0.3, -0.25) is 4.79 Å². The predicted octanol–water partition coefficient (Wildman–Crippen LogP) is 4.26. The van der Waals surface area contributed by atoms with Crippen molar-refractivity contribution in [1.82, 2.24) is 14.9 Å². The number of hydrogen-bond donors (Lipinski definition) is 2. The summed E-state index contributed by atoms with van der Waals surface area (Å²) in [5.41, 5.74) is -0.514. The summed E-state index contributed by atoms with van der Waals surface area (Å²) in [4.78, 5) is 57.3. The number of nitrogens with one attached hydrogen (secondary N) is 2. The molecule has 0 aliphatic carbocycles. The number of carbonyl (C=O) groups excluding carboxylic acids is 3. The molecule has 1 saturated heterocycles. The van der Waals surface area contributed by atoms with Crippen LogP contribution >= 0.6 is 0 Å². The molecule has 1 fully saturated rings. The normalized spacial score (nSPS) is 16.2. The lowest BCUT2D eigenvalue weighted by atomic mass is 10.0. The minimum atomic E-state index is -0.798. The van der Waals surface area contributed by atoms with Crippen LogP contribution in [0.3, 0.4) is 0 Å². The zero-order chi connectivity index (χ0) is 29.6. The van der Waals surface area contributed by atoms with Crippen molar-refractivity contribution in [2.75, 3.05) is 25.1 Å². The first-order valence-corrected chi connectivity index (χ1v) is 13.3. The van der Waals surface area contributed by atoms with E-state index in [2.05, 4.69) is 10.3 Å². The van der Waals surface area contributed by atoms with Crippen molar-refractivity contribution in [3.63, 3.8) is 0 Å². The van der Waals surface area contributed by atoms with Gasteiger partial charge in [-0.2, -0.15) is 0 Å². The molecule has 0 saturated carbocycles. The summed E-state index contributed by atoms with van der Waals surface area (Å²) in [6.07, 6.45) is 0.943. The zero-order valence-electron chi connectivity index (χ0n) is 24.4. The molecule has 11 heteroatoms. The van der Waals surface area contributed by atoms with E-state index in [0.717, 1.165) is 12.8 Å². The van der Waals surface area contributed by atoms with Gasteiger partial charge in [0, 0.05) is 37.0 Å². The SMILES string of the molecule is COC(=O)c1ccc2c(c1)c1c(C(=O)OC(C)(C)C)c(N3CCC[C@@H](NC(=O)OC(C)(C)C)C3)[nH]c1c(=O)n2C. The van der Waals surface area contributed by atoms with E-state index >= 15 is 0 Å². The Kier molecular flexibility index (Phi) is 7.62. The van der Waals surface area contributed by atoms with Gasteiger partial charge in [-0.15, -0.1) is 0 Å². The Bertz CT molecular complexity index is 1540. The van der Waals surface area contributed by atoms with Crippen molar-refractivity contribution in [2.45, 2.75) is 71.6 Å². The van der Waals surface area contributed by atoms with Gasteiger partial charge in [0.2, 0.25) is 0 Å². The lowest BCUT2D eigenvalue weighted by Crippen LogP contribution is -2.49. The maximum Gasteiger partial charge on any atom is 0.407 e. The second kappa shape index (κ2) is 10.5. The molecule has 2 N–H and O–H groups in total. The summed E-state index contributed by atoms with van der Waals surface area (Å²) in [5, 5.41) is 3.82. The van der Waals surface area contributed by atoms with Gasteiger partial charge in [0.05, 0.1) is 18.2 Å². The maximum absolute atomic E-state index is 13.8. The lowest BCUT2D eigenvalue weighted by Gasteiger charge is -2.35. The van der Waals surface area contributed by atoms with Gasteiger partial charge in [0.1, 0.15) is 28.1 Å². The number of fused-ring (bicyclic) bond motifs is 3. The van der Waals surface area contributed by atoms with Gasteiger partial charge in [0.25, 0.3) is 5.56 Å². The van der Waals surface area contributed by atoms with E-state index < -0.39 is 29.2 Å². The highest BCUT2D eigenvalue weighted by molar-refractivity contribution is 6.19. The van der Waals surface area contributed by atoms with Crippen LogP contribution in [-0.4, -0.2) is 65.0 Å². The number of pyridine rings is 1. The van der Waals surface area contributed by atoms with Crippen LogP contribution in [0.1, 0.15) is 75.1 Å². The van der Waals surface area contributed by atoms with Crippen LogP contribution in [0.4, 0.5) is 10.6 Å². The van der Waals surface area contributed by atoms with E-state index in [0.29, 0.717) is 35.2 Å². The number of esters is 2. The molecular weight excluding hydrogens is 516 g/mol. The Hall–Kier alpha value is -4.02. The summed E-state index contributed by atoms with van der Waals surface area (Å²) >= 11 is 0. The molecule has 40 heavy (non-hydrogen) atoms. The van der Waals surface area contributed by atoms with E-state index in [1.165, 1.54) is 11.7 Å². The Morgan fingerprint density at radius 1 is 1.02 bits per heavy atom. The van der Waals surface area contributed by atoms with Crippen molar-refractivity contribution >= 4 is 45.7 Å². The van der Waals surface area contributed by atoms with Gasteiger partial charge >= 0.3 is 18.0 Å². The molecule has 2 aromatic heterocycles. The molecule has 0 radical (unpaired) electrons. The summed E-state index contributed by atoms with van der Waals surface area (Å²) in [6.45, 7) is 11.7. The largest absolute Gasteiger partial charge is 0.465 e. The van der Waals surface area contributed by atoms with E-state index in [1.54, 1.807) is 66.8 Å². The lowest BCUT2D eigenvalue weighted by molar-refractivity contribution is 0.00718. The van der Waals surface area contributed by atoms with Gasteiger partial charge < -0.3 is 34.0 Å². The fourth-order valence-corrected chi connectivity index (χ4v) is 5.00. The third-order valence-electron chi connectivity index (χ3n) is 6.61. The summed E-state index contributed by atoms with van der Waals surface area (Å²) in [5.74, 6) is -0.715. The van der Waals surface area contributed by atoms with E-state index in [9.17, 15) is 19.2 Å². The van der Waals surface area contributed by atoms with Crippen molar-refractivity contribution in [3.05, 3.63) is 39.7 Å². The monoisotopic (exact) mass is 554 g/mol. The molecule has 1 aromatic carbocycles. The third-order valence-corrected chi connectivity index (χ3v) is 6.61. The average molecular weight is 555 g/mol. The smallest absolute Gasteiger partial charge is 0.407 e. The highest BCUT2D eigenvalue weighted by Crippen LogP contribution is 2.36. The Balaban J connectivity index is 1.89. The van der Waals surface area contributed by atoms with Crippen LogP contribution in [0.2, 0.25) is 0 Å². The van der Waals surface area contributed by atoms with Gasteiger partial charge in [-0.05, 0) is 72.6 Å². The van der Waals surface area contributed by atoms with Gasteiger partial charge in [-0.25, -0.2) is 14.4 Å². The van der Waals surface area contributed by atoms with Crippen molar-refractivity contribution in [2.24, 2.45) is 7.05 Å². The molecule has 3 aromatic rings. The number of amides is 1. The number of ether oxygens (including phenoxy) is 3. The van der Waals surface area contributed by atoms with E-state index in [1.807, 2.05) is 4.90 Å². The van der Waals surface area contributed by atoms with E-state index in [4.69, 9.17) is 14.2 Å². The number of anilines is 1. The highest BCUT2D eigenvalue weighted by Gasteiger charge is 2.33. The van der Waals surface area contributed by atoms with Crippen molar-refractivity contribution < 1.29 is 28.6 Å². The summed E-state index contributed by atoms with van der Waals surface area (Å²) < 4.78 is 17.6. The number of aromatic nitrogens is 2. The first kappa shape index (κ1) is 29.0. The number of aromatic amines is 1. The average Bonchev–Trinajstić information content (AvgIpc) is 3.26. The molecule has 216 valence electrons. The molecule has 1 atom stereocenters. The number of piperidine rings is 1.